The largest absolute Gasteiger partial charge is 0.424 e. The van der Waals surface area contributed by atoms with Gasteiger partial charge in [-0.2, -0.15) is 0 Å². The SMILES string of the molecule is Cc1ccnc(Oc2ccc(NC(=O)CCC(C)N)cc2)n1. The summed E-state index contributed by atoms with van der Waals surface area (Å²) >= 11 is 0. The molecule has 2 rings (SSSR count). The Labute approximate surface area is 129 Å². The average Bonchev–Trinajstić information content (AvgIpc) is 2.47. The second-order valence-electron chi connectivity index (χ2n) is 5.17. The van der Waals surface area contributed by atoms with Crippen molar-refractivity contribution in [2.75, 3.05) is 5.32 Å². The van der Waals surface area contributed by atoms with Gasteiger partial charge in [0.25, 0.3) is 0 Å². The van der Waals surface area contributed by atoms with Crippen molar-refractivity contribution in [3.63, 3.8) is 0 Å². The van der Waals surface area contributed by atoms with Crippen molar-refractivity contribution < 1.29 is 9.53 Å². The fraction of sp³-hybridized carbons (Fsp3) is 0.312. The van der Waals surface area contributed by atoms with Gasteiger partial charge in [-0.1, -0.05) is 0 Å². The molecule has 2 aromatic rings. The van der Waals surface area contributed by atoms with Crippen LogP contribution in [0.3, 0.4) is 0 Å². The van der Waals surface area contributed by atoms with E-state index in [0.717, 1.165) is 5.69 Å². The average molecular weight is 300 g/mol. The number of anilines is 1. The highest BCUT2D eigenvalue weighted by Gasteiger charge is 2.05. The fourth-order valence-electron chi connectivity index (χ4n) is 1.77. The van der Waals surface area contributed by atoms with Crippen molar-refractivity contribution in [2.45, 2.75) is 32.7 Å². The van der Waals surface area contributed by atoms with E-state index in [1.165, 1.54) is 0 Å². The molecule has 0 aliphatic rings. The molecule has 0 fully saturated rings. The number of hydrogen-bond acceptors (Lipinski definition) is 5. The summed E-state index contributed by atoms with van der Waals surface area (Å²) in [5.41, 5.74) is 7.18. The number of carbonyl (C=O) groups excluding carboxylic acids is 1. The minimum Gasteiger partial charge on any atom is -0.424 e. The van der Waals surface area contributed by atoms with Gasteiger partial charge in [0.2, 0.25) is 5.91 Å². The Bertz CT molecular complexity index is 626. The predicted octanol–water partition coefficient (Wildman–Crippen LogP) is 2.64. The number of nitrogens with one attached hydrogen (secondary N) is 1. The molecular weight excluding hydrogens is 280 g/mol. The number of benzene rings is 1. The van der Waals surface area contributed by atoms with Gasteiger partial charge in [-0.3, -0.25) is 4.79 Å². The van der Waals surface area contributed by atoms with Gasteiger partial charge in [0.1, 0.15) is 5.75 Å². The third-order valence-corrected chi connectivity index (χ3v) is 2.95. The maximum Gasteiger partial charge on any atom is 0.322 e. The summed E-state index contributed by atoms with van der Waals surface area (Å²) in [7, 11) is 0. The van der Waals surface area contributed by atoms with E-state index in [0.29, 0.717) is 30.3 Å². The molecule has 6 nitrogen and oxygen atoms in total. The molecule has 1 aromatic heterocycles. The molecule has 6 heteroatoms. The minimum absolute atomic E-state index is 0.0239. The first-order valence-corrected chi connectivity index (χ1v) is 7.16. The van der Waals surface area contributed by atoms with Gasteiger partial charge >= 0.3 is 6.01 Å². The smallest absolute Gasteiger partial charge is 0.322 e. The van der Waals surface area contributed by atoms with Crippen LogP contribution in [0.5, 0.6) is 11.8 Å². The molecule has 1 unspecified atom stereocenters. The summed E-state index contributed by atoms with van der Waals surface area (Å²) in [5, 5.41) is 2.82. The van der Waals surface area contributed by atoms with Crippen molar-refractivity contribution in [3.8, 4) is 11.8 Å². The lowest BCUT2D eigenvalue weighted by atomic mass is 10.2. The van der Waals surface area contributed by atoms with E-state index in [1.54, 1.807) is 36.5 Å². The van der Waals surface area contributed by atoms with Crippen molar-refractivity contribution in [1.82, 2.24) is 9.97 Å². The first kappa shape index (κ1) is 15.9. The summed E-state index contributed by atoms with van der Waals surface area (Å²) in [6.07, 6.45) is 2.72. The van der Waals surface area contributed by atoms with E-state index < -0.39 is 0 Å². The number of aromatic nitrogens is 2. The molecule has 0 saturated carbocycles. The molecule has 22 heavy (non-hydrogen) atoms. The van der Waals surface area contributed by atoms with Crippen molar-refractivity contribution in [3.05, 3.63) is 42.2 Å². The molecule has 0 aliphatic carbocycles. The number of ether oxygens (including phenoxy) is 1. The molecule has 0 saturated heterocycles. The zero-order chi connectivity index (χ0) is 15.9. The van der Waals surface area contributed by atoms with Gasteiger partial charge in [0.15, 0.2) is 0 Å². The molecule has 116 valence electrons. The van der Waals surface area contributed by atoms with Crippen LogP contribution in [0, 0.1) is 6.92 Å². The highest BCUT2D eigenvalue weighted by atomic mass is 16.5. The van der Waals surface area contributed by atoms with Gasteiger partial charge < -0.3 is 15.8 Å². The molecule has 1 heterocycles. The minimum atomic E-state index is -0.0482. The summed E-state index contributed by atoms with van der Waals surface area (Å²) in [6.45, 7) is 3.75. The molecule has 0 aliphatic heterocycles. The molecular formula is C16H20N4O2. The normalized spacial score (nSPS) is 11.8. The zero-order valence-electron chi connectivity index (χ0n) is 12.7. The quantitative estimate of drug-likeness (QED) is 0.856. The van der Waals surface area contributed by atoms with E-state index in [9.17, 15) is 4.79 Å². The van der Waals surface area contributed by atoms with Gasteiger partial charge in [-0.25, -0.2) is 9.97 Å². The van der Waals surface area contributed by atoms with E-state index in [1.807, 2.05) is 13.8 Å². The van der Waals surface area contributed by atoms with Crippen LogP contribution < -0.4 is 15.8 Å². The van der Waals surface area contributed by atoms with Gasteiger partial charge in [-0.15, -0.1) is 0 Å². The van der Waals surface area contributed by atoms with Crippen LogP contribution in [0.15, 0.2) is 36.5 Å². The Morgan fingerprint density at radius 1 is 1.32 bits per heavy atom. The number of nitrogens with zero attached hydrogens (tertiary/aromatic N) is 2. The number of rotatable bonds is 6. The summed E-state index contributed by atoms with van der Waals surface area (Å²) in [6, 6.07) is 9.18. The van der Waals surface area contributed by atoms with Crippen LogP contribution in [0.25, 0.3) is 0 Å². The number of aryl methyl sites for hydroxylation is 1. The van der Waals surface area contributed by atoms with Gasteiger partial charge in [0, 0.05) is 30.0 Å². The molecule has 0 bridgehead atoms. The third kappa shape index (κ3) is 5.14. The van der Waals surface area contributed by atoms with E-state index in [4.69, 9.17) is 10.5 Å². The Balaban J connectivity index is 1.91. The maximum atomic E-state index is 11.7. The molecule has 1 amide bonds. The first-order valence-electron chi connectivity index (χ1n) is 7.16. The number of nitrogens with two attached hydrogens (primary N) is 1. The van der Waals surface area contributed by atoms with Crippen molar-refractivity contribution in [2.24, 2.45) is 5.73 Å². The van der Waals surface area contributed by atoms with Gasteiger partial charge in [0.05, 0.1) is 0 Å². The zero-order valence-corrected chi connectivity index (χ0v) is 12.7. The second-order valence-corrected chi connectivity index (χ2v) is 5.17. The van der Waals surface area contributed by atoms with E-state index in [-0.39, 0.29) is 11.9 Å². The van der Waals surface area contributed by atoms with Crippen molar-refractivity contribution in [1.29, 1.82) is 0 Å². The van der Waals surface area contributed by atoms with Gasteiger partial charge in [-0.05, 0) is 50.6 Å². The molecule has 0 spiro atoms. The Morgan fingerprint density at radius 3 is 2.68 bits per heavy atom. The van der Waals surface area contributed by atoms with Crippen LogP contribution in [0.1, 0.15) is 25.5 Å². The predicted molar refractivity (Wildman–Crippen MR) is 84.8 cm³/mol. The first-order chi connectivity index (χ1) is 10.5. The molecule has 0 radical (unpaired) electrons. The van der Waals surface area contributed by atoms with E-state index >= 15 is 0 Å². The van der Waals surface area contributed by atoms with Crippen LogP contribution >= 0.6 is 0 Å². The van der Waals surface area contributed by atoms with Crippen LogP contribution in [-0.2, 0) is 4.79 Å². The van der Waals surface area contributed by atoms with Crippen LogP contribution in [0.2, 0.25) is 0 Å². The second kappa shape index (κ2) is 7.51. The number of carbonyl (C=O) groups is 1. The Morgan fingerprint density at radius 2 is 2.05 bits per heavy atom. The molecule has 1 aromatic carbocycles. The highest BCUT2D eigenvalue weighted by molar-refractivity contribution is 5.90. The summed E-state index contributed by atoms with van der Waals surface area (Å²) in [4.78, 5) is 19.9. The maximum absolute atomic E-state index is 11.7. The standard InChI is InChI=1S/C16H20N4O2/c1-11(17)3-8-15(21)20-13-4-6-14(7-5-13)22-16-18-10-9-12(2)19-16/h4-7,9-11H,3,8,17H2,1-2H3,(H,20,21). The lowest BCUT2D eigenvalue weighted by molar-refractivity contribution is -0.116. The third-order valence-electron chi connectivity index (χ3n) is 2.95. The summed E-state index contributed by atoms with van der Waals surface area (Å²) in [5.74, 6) is 0.562. The van der Waals surface area contributed by atoms with E-state index in [2.05, 4.69) is 15.3 Å². The molecule has 3 N–H and O–H groups in total. The lowest BCUT2D eigenvalue weighted by Gasteiger charge is -2.08. The monoisotopic (exact) mass is 300 g/mol. The Kier molecular flexibility index (Phi) is 5.43. The van der Waals surface area contributed by atoms with Crippen LogP contribution in [0.4, 0.5) is 5.69 Å². The van der Waals surface area contributed by atoms with Crippen LogP contribution in [-0.4, -0.2) is 21.9 Å². The number of hydrogen-bond donors (Lipinski definition) is 2. The lowest BCUT2D eigenvalue weighted by Crippen LogP contribution is -2.19. The summed E-state index contributed by atoms with van der Waals surface area (Å²) < 4.78 is 5.55. The van der Waals surface area contributed by atoms with Crippen molar-refractivity contribution >= 4 is 11.6 Å². The molecule has 1 atom stereocenters. The highest BCUT2D eigenvalue weighted by Crippen LogP contribution is 2.20. The number of amides is 1. The Hall–Kier alpha value is -2.47. The fourth-order valence-corrected chi connectivity index (χ4v) is 1.77. The topological polar surface area (TPSA) is 90.1 Å².